The van der Waals surface area contributed by atoms with Crippen molar-refractivity contribution in [1.82, 2.24) is 62.6 Å². The molecule has 0 atom stereocenters. The molecule has 0 radical (unpaired) electrons. The highest BCUT2D eigenvalue weighted by Crippen LogP contribution is 2.22. The van der Waals surface area contributed by atoms with Crippen molar-refractivity contribution in [2.75, 3.05) is 30.8 Å². The summed E-state index contributed by atoms with van der Waals surface area (Å²) in [7, 11) is 7.05. The summed E-state index contributed by atoms with van der Waals surface area (Å²) in [6, 6.07) is 52.8. The van der Waals surface area contributed by atoms with Crippen molar-refractivity contribution in [1.29, 1.82) is 0 Å². The topological polar surface area (TPSA) is 262 Å². The van der Waals surface area contributed by atoms with Crippen LogP contribution in [-0.4, -0.2) is 94.6 Å². The molecular weight excluding hydrogens is 1440 g/mol. The van der Waals surface area contributed by atoms with Gasteiger partial charge in [0.2, 0.25) is 0 Å². The molecule has 0 saturated carbocycles. The number of aryl methyl sites for hydroxylation is 6. The van der Waals surface area contributed by atoms with Crippen LogP contribution in [0, 0.1) is 30.6 Å². The van der Waals surface area contributed by atoms with Crippen LogP contribution in [-0.2, 0) is 53.5 Å². The van der Waals surface area contributed by atoms with Gasteiger partial charge in [-0.2, -0.15) is 0 Å². The maximum Gasteiger partial charge on any atom is 0.261 e. The van der Waals surface area contributed by atoms with E-state index < -0.39 is 0 Å². The van der Waals surface area contributed by atoms with Crippen LogP contribution < -0.4 is 38.4 Å². The van der Waals surface area contributed by atoms with E-state index in [0.29, 0.717) is 60.9 Å². The fraction of sp³-hybridized carbons (Fsp3) is 0.182. The van der Waals surface area contributed by atoms with Crippen molar-refractivity contribution in [2.24, 2.45) is 21.1 Å². The van der Waals surface area contributed by atoms with Crippen molar-refractivity contribution in [3.8, 4) is 23.7 Å². The van der Waals surface area contributed by atoms with E-state index in [9.17, 15) is 33.6 Å². The second-order valence-corrected chi connectivity index (χ2v) is 28.6. The van der Waals surface area contributed by atoms with E-state index in [1.165, 1.54) is 72.9 Å². The van der Waals surface area contributed by atoms with Gasteiger partial charge in [-0.15, -0.1) is 22.7 Å². The number of aromatic nitrogens is 12. The van der Waals surface area contributed by atoms with E-state index in [-0.39, 0.29) is 39.6 Å². The van der Waals surface area contributed by atoms with Crippen LogP contribution >= 0.6 is 22.7 Å². The van der Waals surface area contributed by atoms with E-state index in [2.05, 4.69) is 121 Å². The summed E-state index contributed by atoms with van der Waals surface area (Å²) in [5.74, 6) is 13.7. The monoisotopic (exact) mass is 1520 g/mol. The first-order valence-corrected chi connectivity index (χ1v) is 38.1. The molecule has 0 aliphatic carbocycles. The third-order valence-electron chi connectivity index (χ3n) is 18.8. The lowest BCUT2D eigenvalue weighted by molar-refractivity contribution is 0.101. The van der Waals surface area contributed by atoms with Crippen LogP contribution in [0.2, 0.25) is 0 Å². The summed E-state index contributed by atoms with van der Waals surface area (Å²) in [4.78, 5) is 118. The van der Waals surface area contributed by atoms with Crippen LogP contribution in [0.1, 0.15) is 103 Å². The number of nitrogens with one attached hydrogen (secondary N) is 2. The predicted molar refractivity (Wildman–Crippen MR) is 446 cm³/mol. The molecule has 2 aliphatic heterocycles. The number of carbonyl (C=O) groups excluding carboxylic acids is 2. The summed E-state index contributed by atoms with van der Waals surface area (Å²) in [6.45, 7) is 7.44. The van der Waals surface area contributed by atoms with Crippen molar-refractivity contribution >= 4 is 112 Å². The van der Waals surface area contributed by atoms with Gasteiger partial charge in [0, 0.05) is 117 Å². The SMILES string of the molecule is CCc1ccc(NC(=O)c2ccc3c(=O)n(C)cnc3c2)cc1.Cc1ccc(C#Cc2ccc3c(=O)n4c(nc3c2)CCN(C)CC4)cc1.Cn1cnc2cc(C#Cc3nccs3)ccc2c1=O.Cn1cnc2cc(C(=O)Nc3nccs3)ccc2c1=O.O=c1c2ccc(/C=C/c3ccccc3)cc2nc2n1CCCCC2. The van der Waals surface area contributed by atoms with Gasteiger partial charge < -0.3 is 23.9 Å². The number of nitrogens with zero attached hydrogens (tertiary/aromatic N) is 13. The van der Waals surface area contributed by atoms with E-state index in [4.69, 9.17) is 9.97 Å². The van der Waals surface area contributed by atoms with E-state index in [0.717, 1.165) is 118 Å². The van der Waals surface area contributed by atoms with Crippen LogP contribution in [0.15, 0.2) is 236 Å². The minimum absolute atomic E-state index is 0.0515. The van der Waals surface area contributed by atoms with Gasteiger partial charge in [-0.3, -0.25) is 48.0 Å². The Labute approximate surface area is 651 Å². The van der Waals surface area contributed by atoms with Crippen LogP contribution in [0.3, 0.4) is 0 Å². The van der Waals surface area contributed by atoms with E-state index >= 15 is 0 Å². The lowest BCUT2D eigenvalue weighted by Crippen LogP contribution is -2.27. The molecule has 0 bridgehead atoms. The maximum absolute atomic E-state index is 12.8. The number of fused-ring (bicyclic) bond motifs is 7. The fourth-order valence-corrected chi connectivity index (χ4v) is 13.4. The zero-order valence-electron chi connectivity index (χ0n) is 62.4. The normalized spacial score (nSPS) is 12.3. The van der Waals surface area contributed by atoms with Crippen LogP contribution in [0.4, 0.5) is 10.8 Å². The summed E-state index contributed by atoms with van der Waals surface area (Å²) < 4.78 is 7.97. The number of hydrogen-bond acceptors (Lipinski definition) is 17. The molecule has 0 unspecified atom stereocenters. The first kappa shape index (κ1) is 76.7. The average Bonchev–Trinajstić information content (AvgIpc) is 1.42. The molecule has 2 N–H and O–H groups in total. The largest absolute Gasteiger partial charge is 0.322 e. The van der Waals surface area contributed by atoms with Gasteiger partial charge >= 0.3 is 0 Å². The molecule has 8 aromatic carbocycles. The minimum atomic E-state index is -0.274. The average molecular weight is 1520 g/mol. The third-order valence-corrected chi connectivity index (χ3v) is 20.1. The number of thiazole rings is 2. The van der Waals surface area contributed by atoms with Gasteiger partial charge in [0.05, 0.1) is 73.5 Å². The number of amides is 2. The van der Waals surface area contributed by atoms with Gasteiger partial charge in [-0.1, -0.05) is 109 Å². The van der Waals surface area contributed by atoms with Crippen molar-refractivity contribution < 1.29 is 9.59 Å². The lowest BCUT2D eigenvalue weighted by Gasteiger charge is -2.11. The second kappa shape index (κ2) is 35.7. The van der Waals surface area contributed by atoms with Gasteiger partial charge in [-0.05, 0) is 165 Å². The van der Waals surface area contributed by atoms with Crippen molar-refractivity contribution in [3.63, 3.8) is 0 Å². The quantitative estimate of drug-likeness (QED) is 0.111. The van der Waals surface area contributed by atoms with Crippen LogP contribution in [0.25, 0.3) is 66.7 Å². The second-order valence-electron chi connectivity index (χ2n) is 26.8. The Balaban J connectivity index is 0.000000123. The summed E-state index contributed by atoms with van der Waals surface area (Å²) in [6.07, 6.45) is 17.9. The number of rotatable bonds is 7. The van der Waals surface area contributed by atoms with Gasteiger partial charge in [-0.25, -0.2) is 34.9 Å². The van der Waals surface area contributed by atoms with Gasteiger partial charge in [0.15, 0.2) is 10.1 Å². The molecule has 2 aliphatic rings. The molecule has 17 rings (SSSR count). The number of anilines is 2. The molecule has 7 aromatic heterocycles. The van der Waals surface area contributed by atoms with Crippen LogP contribution in [0.5, 0.6) is 0 Å². The molecule has 0 fully saturated rings. The van der Waals surface area contributed by atoms with Crippen molar-refractivity contribution in [2.45, 2.75) is 65.5 Å². The molecular formula is C88H77N15O7S2. The third kappa shape index (κ3) is 18.9. The molecule has 9 heterocycles. The number of hydrogen-bond donors (Lipinski definition) is 2. The Bertz CT molecular complexity index is 6490. The van der Waals surface area contributed by atoms with E-state index in [1.807, 2.05) is 118 Å². The summed E-state index contributed by atoms with van der Waals surface area (Å²) in [5.41, 5.74) is 12.1. The minimum Gasteiger partial charge on any atom is -0.322 e. The molecule has 0 spiro atoms. The molecule has 558 valence electrons. The first-order chi connectivity index (χ1) is 54.4. The van der Waals surface area contributed by atoms with Gasteiger partial charge in [0.25, 0.3) is 39.6 Å². The molecule has 112 heavy (non-hydrogen) atoms. The summed E-state index contributed by atoms with van der Waals surface area (Å²) >= 11 is 2.84. The smallest absolute Gasteiger partial charge is 0.261 e. The molecule has 24 heteroatoms. The highest BCUT2D eigenvalue weighted by Gasteiger charge is 2.18. The first-order valence-electron chi connectivity index (χ1n) is 36.3. The highest BCUT2D eigenvalue weighted by atomic mass is 32.1. The highest BCUT2D eigenvalue weighted by molar-refractivity contribution is 7.13. The standard InChI is InChI=1S/C22H21N3O.C21H20N2O.C18H17N3O2.C14H9N3OS.C13H10N4O2S/c1-16-3-5-17(6-4-16)7-8-18-9-10-19-20(15-18)23-21-11-12-24(2)13-14-25(21)22(19)26;24-21-18-13-12-17(11-10-16-7-3-1-4-8-16)15-19(18)22-20-9-5-2-6-14-23(20)21;1-3-12-4-7-14(8-5-12)20-17(22)13-6-9-15-16(10-13)19-11-21(2)18(15)23;1-17-9-16-12-8-10(2-4-11(12)14(17)18)3-5-13-15-6-7-19-13;1-17-7-15-10-6-8(2-3-9(10)12(17)19)11(18)16-13-14-4-5-20-13/h3-6,9-10,15H,11-14H2,1-2H3;1,3-4,7-8,10-13,15H,2,5-6,9,14H2;4-11H,3H2,1-2H3,(H,20,22);2,4,6-9H,1H3;2-7H,1H3,(H,14,16,18)/b;11-10+;;;. The van der Waals surface area contributed by atoms with Crippen molar-refractivity contribution in [3.05, 3.63) is 330 Å². The number of carbonyl (C=O) groups is 2. The zero-order chi connectivity index (χ0) is 78.2. The Morgan fingerprint density at radius 2 is 0.955 bits per heavy atom. The number of likely N-dealkylation sites (N-methyl/N-ethyl adjacent to an activating group) is 1. The Morgan fingerprint density at radius 1 is 0.446 bits per heavy atom. The molecule has 22 nitrogen and oxygen atoms in total. The molecule has 2 amide bonds. The Kier molecular flexibility index (Phi) is 24.4. The van der Waals surface area contributed by atoms with E-state index in [1.54, 1.807) is 81.4 Å². The Hall–Kier alpha value is -13.5. The Morgan fingerprint density at radius 3 is 1.55 bits per heavy atom. The molecule has 15 aromatic rings. The maximum atomic E-state index is 12.8. The predicted octanol–water partition coefficient (Wildman–Crippen LogP) is 13.1. The fourth-order valence-electron chi connectivity index (χ4n) is 12.4. The number of benzene rings is 8. The summed E-state index contributed by atoms with van der Waals surface area (Å²) in [5, 5.41) is 13.5. The lowest BCUT2D eigenvalue weighted by atomic mass is 10.1. The van der Waals surface area contributed by atoms with Gasteiger partial charge in [0.1, 0.15) is 11.6 Å². The molecule has 0 saturated heterocycles. The zero-order valence-corrected chi connectivity index (χ0v) is 64.1.